The number of hydrogen-bond donors (Lipinski definition) is 1. The molecular weight excluding hydrogens is 238 g/mol. The molecule has 2 heterocycles. The second-order valence-corrected chi connectivity index (χ2v) is 4.53. The van der Waals surface area contributed by atoms with Crippen LogP contribution in [0.2, 0.25) is 0 Å². The van der Waals surface area contributed by atoms with Crippen LogP contribution in [0, 0.1) is 6.92 Å². The summed E-state index contributed by atoms with van der Waals surface area (Å²) in [6.07, 6.45) is 1.76. The smallest absolute Gasteiger partial charge is 0.0936 e. The highest BCUT2D eigenvalue weighted by Gasteiger charge is 2.04. The minimum absolute atomic E-state index is 0.679. The highest BCUT2D eigenvalue weighted by molar-refractivity contribution is 5.90. The van der Waals surface area contributed by atoms with Crippen LogP contribution < -0.4 is 5.32 Å². The number of aryl methyl sites for hydroxylation is 2. The summed E-state index contributed by atoms with van der Waals surface area (Å²) in [6, 6.07) is 10.3. The molecule has 96 valence electrons. The van der Waals surface area contributed by atoms with Crippen LogP contribution in [-0.4, -0.2) is 20.0 Å². The largest absolute Gasteiger partial charge is 0.378 e. The average Bonchev–Trinajstić information content (AvgIpc) is 2.82. The van der Waals surface area contributed by atoms with Gasteiger partial charge in [-0.05, 0) is 19.1 Å². The molecule has 0 fully saturated rings. The van der Waals surface area contributed by atoms with Gasteiger partial charge in [0.1, 0.15) is 0 Å². The number of rotatable bonds is 3. The third kappa shape index (κ3) is 2.27. The fourth-order valence-corrected chi connectivity index (χ4v) is 2.04. The Balaban J connectivity index is 1.92. The first-order valence-corrected chi connectivity index (χ1v) is 6.18. The van der Waals surface area contributed by atoms with E-state index in [0.717, 1.165) is 28.0 Å². The molecule has 19 heavy (non-hydrogen) atoms. The van der Waals surface area contributed by atoms with Crippen molar-refractivity contribution >= 4 is 16.6 Å². The minimum Gasteiger partial charge on any atom is -0.378 e. The zero-order valence-electron chi connectivity index (χ0n) is 11.0. The Morgan fingerprint density at radius 1 is 1.21 bits per heavy atom. The van der Waals surface area contributed by atoms with Crippen molar-refractivity contribution in [2.24, 2.45) is 7.05 Å². The van der Waals surface area contributed by atoms with E-state index in [1.807, 2.05) is 32.2 Å². The van der Waals surface area contributed by atoms with Crippen molar-refractivity contribution in [3.8, 4) is 0 Å². The summed E-state index contributed by atoms with van der Waals surface area (Å²) in [4.78, 5) is 4.60. The first-order valence-electron chi connectivity index (χ1n) is 6.18. The van der Waals surface area contributed by atoms with Crippen LogP contribution in [0.25, 0.3) is 10.9 Å². The topological polar surface area (TPSA) is 55.6 Å². The van der Waals surface area contributed by atoms with E-state index in [-0.39, 0.29) is 0 Å². The van der Waals surface area contributed by atoms with Crippen LogP contribution in [0.5, 0.6) is 0 Å². The molecule has 2 aromatic heterocycles. The molecule has 0 saturated heterocycles. The lowest BCUT2D eigenvalue weighted by Gasteiger charge is -2.09. The minimum atomic E-state index is 0.679. The monoisotopic (exact) mass is 253 g/mol. The summed E-state index contributed by atoms with van der Waals surface area (Å²) >= 11 is 0. The Morgan fingerprint density at radius 3 is 2.89 bits per heavy atom. The van der Waals surface area contributed by atoms with E-state index in [9.17, 15) is 0 Å². The van der Waals surface area contributed by atoms with Crippen LogP contribution in [0.1, 0.15) is 11.4 Å². The Morgan fingerprint density at radius 2 is 2.11 bits per heavy atom. The summed E-state index contributed by atoms with van der Waals surface area (Å²) < 4.78 is 1.76. The molecule has 0 unspecified atom stereocenters. The summed E-state index contributed by atoms with van der Waals surface area (Å²) in [5.74, 6) is 0. The van der Waals surface area contributed by atoms with Gasteiger partial charge in [0.25, 0.3) is 0 Å². The van der Waals surface area contributed by atoms with Crippen molar-refractivity contribution in [3.05, 3.63) is 47.9 Å². The van der Waals surface area contributed by atoms with Gasteiger partial charge in [-0.2, -0.15) is 0 Å². The van der Waals surface area contributed by atoms with Crippen LogP contribution in [0.15, 0.2) is 36.5 Å². The van der Waals surface area contributed by atoms with E-state index in [4.69, 9.17) is 0 Å². The highest BCUT2D eigenvalue weighted by atomic mass is 15.4. The van der Waals surface area contributed by atoms with Gasteiger partial charge >= 0.3 is 0 Å². The van der Waals surface area contributed by atoms with Crippen molar-refractivity contribution in [1.29, 1.82) is 0 Å². The van der Waals surface area contributed by atoms with E-state index >= 15 is 0 Å². The van der Waals surface area contributed by atoms with E-state index in [1.54, 1.807) is 10.9 Å². The molecule has 0 amide bonds. The molecule has 0 saturated carbocycles. The molecule has 0 aliphatic heterocycles. The fraction of sp³-hybridized carbons (Fsp3) is 0.214. The number of benzene rings is 1. The predicted octanol–water partition coefficient (Wildman–Crippen LogP) is 2.28. The number of para-hydroxylation sites is 1. The summed E-state index contributed by atoms with van der Waals surface area (Å²) in [6.45, 7) is 2.68. The first-order chi connectivity index (χ1) is 9.24. The lowest BCUT2D eigenvalue weighted by Crippen LogP contribution is -2.06. The number of hydrogen-bond acceptors (Lipinski definition) is 4. The number of pyridine rings is 1. The van der Waals surface area contributed by atoms with Crippen molar-refractivity contribution in [2.75, 3.05) is 5.32 Å². The summed E-state index contributed by atoms with van der Waals surface area (Å²) in [5, 5.41) is 12.3. The van der Waals surface area contributed by atoms with Crippen molar-refractivity contribution in [2.45, 2.75) is 13.5 Å². The Labute approximate surface area is 111 Å². The van der Waals surface area contributed by atoms with Gasteiger partial charge in [-0.15, -0.1) is 5.10 Å². The van der Waals surface area contributed by atoms with Gasteiger partial charge < -0.3 is 5.32 Å². The maximum Gasteiger partial charge on any atom is 0.0936 e. The molecule has 3 aromatic rings. The van der Waals surface area contributed by atoms with Gasteiger partial charge in [-0.25, -0.2) is 0 Å². The Kier molecular flexibility index (Phi) is 2.87. The molecule has 0 atom stereocenters. The molecule has 0 aliphatic rings. The van der Waals surface area contributed by atoms with E-state index in [0.29, 0.717) is 6.54 Å². The number of anilines is 1. The van der Waals surface area contributed by atoms with Crippen molar-refractivity contribution in [1.82, 2.24) is 20.0 Å². The van der Waals surface area contributed by atoms with Crippen LogP contribution in [0.4, 0.5) is 5.69 Å². The SMILES string of the molecule is Cc1ccc2cccc(NCc3cnnn3C)c2n1. The standard InChI is InChI=1S/C14H15N5/c1-10-6-7-11-4-3-5-13(14(11)17-10)15-8-12-9-16-18-19(12)2/h3-7,9,15H,8H2,1-2H3. The zero-order chi connectivity index (χ0) is 13.2. The average molecular weight is 253 g/mol. The molecule has 0 bridgehead atoms. The van der Waals surface area contributed by atoms with Crippen LogP contribution in [0.3, 0.4) is 0 Å². The third-order valence-corrected chi connectivity index (χ3v) is 3.13. The van der Waals surface area contributed by atoms with E-state index in [2.05, 4.69) is 32.7 Å². The zero-order valence-corrected chi connectivity index (χ0v) is 11.0. The fourth-order valence-electron chi connectivity index (χ4n) is 2.04. The first kappa shape index (κ1) is 11.6. The lowest BCUT2D eigenvalue weighted by molar-refractivity contribution is 0.683. The van der Waals surface area contributed by atoms with Crippen molar-refractivity contribution in [3.63, 3.8) is 0 Å². The maximum atomic E-state index is 4.60. The van der Waals surface area contributed by atoms with Gasteiger partial charge in [0.2, 0.25) is 0 Å². The van der Waals surface area contributed by atoms with Crippen LogP contribution in [-0.2, 0) is 13.6 Å². The molecule has 5 heteroatoms. The number of nitrogens with one attached hydrogen (secondary N) is 1. The molecule has 0 aliphatic carbocycles. The van der Waals surface area contributed by atoms with Crippen LogP contribution >= 0.6 is 0 Å². The number of aromatic nitrogens is 4. The molecule has 0 radical (unpaired) electrons. The predicted molar refractivity (Wildman–Crippen MR) is 74.8 cm³/mol. The maximum absolute atomic E-state index is 4.60. The van der Waals surface area contributed by atoms with Gasteiger partial charge in [0.05, 0.1) is 29.6 Å². The lowest BCUT2D eigenvalue weighted by atomic mass is 10.1. The van der Waals surface area contributed by atoms with Gasteiger partial charge in [-0.3, -0.25) is 9.67 Å². The molecule has 1 aromatic carbocycles. The normalized spacial score (nSPS) is 10.8. The second kappa shape index (κ2) is 4.68. The quantitative estimate of drug-likeness (QED) is 0.778. The van der Waals surface area contributed by atoms with Gasteiger partial charge in [0.15, 0.2) is 0 Å². The second-order valence-electron chi connectivity index (χ2n) is 4.53. The van der Waals surface area contributed by atoms with Crippen molar-refractivity contribution < 1.29 is 0 Å². The number of fused-ring (bicyclic) bond motifs is 1. The van der Waals surface area contributed by atoms with Gasteiger partial charge in [-0.1, -0.05) is 23.4 Å². The molecule has 1 N–H and O–H groups in total. The summed E-state index contributed by atoms with van der Waals surface area (Å²) in [5.41, 5.74) is 4.08. The number of nitrogens with zero attached hydrogens (tertiary/aromatic N) is 4. The molecule has 3 rings (SSSR count). The van der Waals surface area contributed by atoms with Gasteiger partial charge in [0, 0.05) is 18.1 Å². The Bertz CT molecular complexity index is 717. The molecular formula is C14H15N5. The van der Waals surface area contributed by atoms with E-state index < -0.39 is 0 Å². The Hall–Kier alpha value is -2.43. The van der Waals surface area contributed by atoms with E-state index in [1.165, 1.54) is 0 Å². The highest BCUT2D eigenvalue weighted by Crippen LogP contribution is 2.22. The summed E-state index contributed by atoms with van der Waals surface area (Å²) in [7, 11) is 1.88. The third-order valence-electron chi connectivity index (χ3n) is 3.13. The molecule has 5 nitrogen and oxygen atoms in total. The molecule has 0 spiro atoms.